The summed E-state index contributed by atoms with van der Waals surface area (Å²) < 4.78 is 5.19. The maximum Gasteiger partial charge on any atom is 0.410 e. The molecule has 1 aliphatic rings. The average Bonchev–Trinajstić information content (AvgIpc) is 1.95. The zero-order valence-electron chi connectivity index (χ0n) is 8.70. The molecule has 0 aromatic heterocycles. The number of nitrogens with zero attached hydrogens (tertiary/aromatic N) is 1. The molecule has 2 N–H and O–H groups in total. The third-order valence-corrected chi connectivity index (χ3v) is 2.15. The van der Waals surface area contributed by atoms with Crippen LogP contribution in [-0.2, 0) is 4.74 Å². The van der Waals surface area contributed by atoms with Crippen LogP contribution in [0.5, 0.6) is 0 Å². The molecule has 76 valence electrons. The molecule has 2 unspecified atom stereocenters. The van der Waals surface area contributed by atoms with Gasteiger partial charge in [0.25, 0.3) is 0 Å². The third kappa shape index (κ3) is 2.34. The van der Waals surface area contributed by atoms with Crippen LogP contribution in [0.15, 0.2) is 0 Å². The van der Waals surface area contributed by atoms with Gasteiger partial charge in [0.1, 0.15) is 5.60 Å². The second-order valence-electron chi connectivity index (χ2n) is 4.54. The Hall–Kier alpha value is -0.770. The fraction of sp³-hybridized carbons (Fsp3) is 0.889. The van der Waals surface area contributed by atoms with Gasteiger partial charge in [0.2, 0.25) is 0 Å². The molecular weight excluding hydrogens is 168 g/mol. The van der Waals surface area contributed by atoms with Crippen LogP contribution in [0, 0.1) is 0 Å². The lowest BCUT2D eigenvalue weighted by atomic mass is 10.0. The predicted octanol–water partition coefficient (Wildman–Crippen LogP) is 0.953. The average molecular weight is 186 g/mol. The minimum Gasteiger partial charge on any atom is -0.444 e. The van der Waals surface area contributed by atoms with Gasteiger partial charge in [-0.2, -0.15) is 0 Å². The second-order valence-corrected chi connectivity index (χ2v) is 4.54. The number of hydrogen-bond donors (Lipinski definition) is 1. The topological polar surface area (TPSA) is 55.6 Å². The lowest BCUT2D eigenvalue weighted by Crippen LogP contribution is -2.65. The van der Waals surface area contributed by atoms with Crippen LogP contribution < -0.4 is 5.73 Å². The van der Waals surface area contributed by atoms with Crippen molar-refractivity contribution in [2.24, 2.45) is 5.73 Å². The van der Waals surface area contributed by atoms with Gasteiger partial charge in [-0.15, -0.1) is 0 Å². The molecule has 0 bridgehead atoms. The van der Waals surface area contributed by atoms with E-state index in [1.54, 1.807) is 4.90 Å². The van der Waals surface area contributed by atoms with E-state index in [2.05, 4.69) is 0 Å². The van der Waals surface area contributed by atoms with E-state index in [1.165, 1.54) is 0 Å². The highest BCUT2D eigenvalue weighted by Crippen LogP contribution is 2.19. The van der Waals surface area contributed by atoms with E-state index < -0.39 is 5.60 Å². The standard InChI is InChI=1S/C9H18N2O2/c1-6-7(10)5-11(6)8(12)13-9(2,3)4/h6-7H,5,10H2,1-4H3. The van der Waals surface area contributed by atoms with E-state index in [-0.39, 0.29) is 18.2 Å². The first-order valence-corrected chi connectivity index (χ1v) is 4.56. The van der Waals surface area contributed by atoms with Crippen LogP contribution in [0.2, 0.25) is 0 Å². The van der Waals surface area contributed by atoms with E-state index in [9.17, 15) is 4.79 Å². The van der Waals surface area contributed by atoms with Crippen molar-refractivity contribution in [2.45, 2.75) is 45.4 Å². The zero-order valence-corrected chi connectivity index (χ0v) is 8.70. The van der Waals surface area contributed by atoms with Crippen molar-refractivity contribution in [1.82, 2.24) is 4.90 Å². The van der Waals surface area contributed by atoms with Gasteiger partial charge in [0.15, 0.2) is 0 Å². The molecule has 0 aromatic carbocycles. The largest absolute Gasteiger partial charge is 0.444 e. The van der Waals surface area contributed by atoms with Gasteiger partial charge in [0, 0.05) is 18.6 Å². The zero-order chi connectivity index (χ0) is 10.2. The summed E-state index contributed by atoms with van der Waals surface area (Å²) in [5, 5.41) is 0. The summed E-state index contributed by atoms with van der Waals surface area (Å²) in [7, 11) is 0. The van der Waals surface area contributed by atoms with Crippen molar-refractivity contribution in [2.75, 3.05) is 6.54 Å². The Morgan fingerprint density at radius 1 is 1.54 bits per heavy atom. The van der Waals surface area contributed by atoms with Crippen LogP contribution in [0.4, 0.5) is 4.79 Å². The molecule has 2 atom stereocenters. The Morgan fingerprint density at radius 3 is 2.38 bits per heavy atom. The van der Waals surface area contributed by atoms with Crippen LogP contribution in [0.1, 0.15) is 27.7 Å². The monoisotopic (exact) mass is 186 g/mol. The molecule has 0 spiro atoms. The molecule has 1 heterocycles. The highest BCUT2D eigenvalue weighted by Gasteiger charge is 2.38. The van der Waals surface area contributed by atoms with E-state index in [0.717, 1.165) is 0 Å². The van der Waals surface area contributed by atoms with Crippen LogP contribution in [0.3, 0.4) is 0 Å². The highest BCUT2D eigenvalue weighted by atomic mass is 16.6. The number of hydrogen-bond acceptors (Lipinski definition) is 3. The fourth-order valence-corrected chi connectivity index (χ4v) is 1.20. The molecule has 1 saturated heterocycles. The quantitative estimate of drug-likeness (QED) is 0.613. The lowest BCUT2D eigenvalue weighted by molar-refractivity contribution is -0.00861. The minimum atomic E-state index is -0.420. The number of rotatable bonds is 0. The van der Waals surface area contributed by atoms with Crippen LogP contribution >= 0.6 is 0 Å². The normalized spacial score (nSPS) is 28.2. The van der Waals surface area contributed by atoms with Crippen molar-refractivity contribution in [3.63, 3.8) is 0 Å². The van der Waals surface area contributed by atoms with Gasteiger partial charge in [-0.1, -0.05) is 0 Å². The molecule has 1 aliphatic heterocycles. The Balaban J connectivity index is 2.42. The molecule has 1 amide bonds. The summed E-state index contributed by atoms with van der Waals surface area (Å²) in [6.07, 6.45) is -0.262. The summed E-state index contributed by atoms with van der Waals surface area (Å²) in [5.74, 6) is 0. The van der Waals surface area contributed by atoms with Crippen molar-refractivity contribution < 1.29 is 9.53 Å². The number of amides is 1. The van der Waals surface area contributed by atoms with Crippen molar-refractivity contribution in [3.05, 3.63) is 0 Å². The first-order chi connectivity index (χ1) is 5.81. The summed E-state index contributed by atoms with van der Waals surface area (Å²) in [6, 6.07) is 0.211. The van der Waals surface area contributed by atoms with E-state index in [4.69, 9.17) is 10.5 Å². The molecule has 4 nitrogen and oxygen atoms in total. The number of carbonyl (C=O) groups is 1. The Bertz CT molecular complexity index is 210. The van der Waals surface area contributed by atoms with E-state index in [0.29, 0.717) is 6.54 Å². The first kappa shape index (κ1) is 10.3. The maximum atomic E-state index is 11.4. The number of ether oxygens (including phenoxy) is 1. The van der Waals surface area contributed by atoms with Crippen molar-refractivity contribution >= 4 is 6.09 Å². The van der Waals surface area contributed by atoms with Crippen LogP contribution in [-0.4, -0.2) is 35.2 Å². The number of carbonyl (C=O) groups excluding carboxylic acids is 1. The number of likely N-dealkylation sites (tertiary alicyclic amines) is 1. The molecule has 13 heavy (non-hydrogen) atoms. The summed E-state index contributed by atoms with van der Waals surface area (Å²) in [5.41, 5.74) is 5.24. The summed E-state index contributed by atoms with van der Waals surface area (Å²) in [6.45, 7) is 8.11. The fourth-order valence-electron chi connectivity index (χ4n) is 1.20. The van der Waals surface area contributed by atoms with Crippen molar-refractivity contribution in [3.8, 4) is 0 Å². The Kier molecular flexibility index (Phi) is 2.52. The number of nitrogens with two attached hydrogens (primary N) is 1. The summed E-state index contributed by atoms with van der Waals surface area (Å²) >= 11 is 0. The van der Waals surface area contributed by atoms with E-state index >= 15 is 0 Å². The molecule has 0 radical (unpaired) electrons. The molecular formula is C9H18N2O2. The van der Waals surface area contributed by atoms with Gasteiger partial charge in [0.05, 0.1) is 0 Å². The second kappa shape index (κ2) is 3.18. The minimum absolute atomic E-state index is 0.104. The van der Waals surface area contributed by atoms with Crippen LogP contribution in [0.25, 0.3) is 0 Å². The highest BCUT2D eigenvalue weighted by molar-refractivity contribution is 5.70. The van der Waals surface area contributed by atoms with E-state index in [1.807, 2.05) is 27.7 Å². The van der Waals surface area contributed by atoms with Crippen molar-refractivity contribution in [1.29, 1.82) is 0 Å². The smallest absolute Gasteiger partial charge is 0.410 e. The molecule has 1 rings (SSSR count). The lowest BCUT2D eigenvalue weighted by Gasteiger charge is -2.44. The SMILES string of the molecule is CC1C(N)CN1C(=O)OC(C)(C)C. The molecule has 0 saturated carbocycles. The first-order valence-electron chi connectivity index (χ1n) is 4.56. The Labute approximate surface area is 79.0 Å². The third-order valence-electron chi connectivity index (χ3n) is 2.15. The molecule has 4 heteroatoms. The maximum absolute atomic E-state index is 11.4. The van der Waals surface area contributed by atoms with Gasteiger partial charge in [-0.05, 0) is 27.7 Å². The molecule has 1 fully saturated rings. The van der Waals surface area contributed by atoms with Gasteiger partial charge >= 0.3 is 6.09 Å². The predicted molar refractivity (Wildman–Crippen MR) is 50.4 cm³/mol. The summed E-state index contributed by atoms with van der Waals surface area (Å²) in [4.78, 5) is 13.1. The van der Waals surface area contributed by atoms with Gasteiger partial charge in [-0.25, -0.2) is 4.79 Å². The van der Waals surface area contributed by atoms with Gasteiger partial charge in [-0.3, -0.25) is 0 Å². The molecule has 0 aliphatic carbocycles. The molecule has 0 aromatic rings. The van der Waals surface area contributed by atoms with Gasteiger partial charge < -0.3 is 15.4 Å². The Morgan fingerprint density at radius 2 is 2.08 bits per heavy atom.